The lowest BCUT2D eigenvalue weighted by atomic mass is 10.1. The number of carbonyl (C=O) groups excluding carboxylic acids is 1. The average Bonchev–Trinajstić information content (AvgIpc) is 2.69. The van der Waals surface area contributed by atoms with Crippen LogP contribution in [0.2, 0.25) is 0 Å². The summed E-state index contributed by atoms with van der Waals surface area (Å²) < 4.78 is 5.43. The smallest absolute Gasteiger partial charge is 0.275 e. The first-order chi connectivity index (χ1) is 12.2. The van der Waals surface area contributed by atoms with Crippen molar-refractivity contribution < 1.29 is 9.53 Å². The number of amides is 1. The third-order valence-corrected chi connectivity index (χ3v) is 5.21. The van der Waals surface area contributed by atoms with Crippen molar-refractivity contribution in [3.05, 3.63) is 40.3 Å². The van der Waals surface area contributed by atoms with Crippen LogP contribution in [0.1, 0.15) is 23.3 Å². The molecule has 0 aliphatic carbocycles. The molecule has 2 aliphatic rings. The fourth-order valence-electron chi connectivity index (χ4n) is 3.77. The molecule has 2 fully saturated rings. The average molecular weight is 342 g/mol. The topological polar surface area (TPSA) is 78.5 Å². The van der Waals surface area contributed by atoms with Crippen molar-refractivity contribution in [1.29, 1.82) is 0 Å². The molecule has 1 aromatic carbocycles. The van der Waals surface area contributed by atoms with Gasteiger partial charge in [0.1, 0.15) is 0 Å². The highest BCUT2D eigenvalue weighted by atomic mass is 16.5. The maximum atomic E-state index is 12.9. The van der Waals surface area contributed by atoms with Crippen LogP contribution < -0.4 is 5.56 Å². The van der Waals surface area contributed by atoms with Crippen LogP contribution in [0.15, 0.2) is 29.1 Å². The van der Waals surface area contributed by atoms with Gasteiger partial charge in [-0.1, -0.05) is 18.2 Å². The molecule has 1 aromatic heterocycles. The monoisotopic (exact) mass is 342 g/mol. The van der Waals surface area contributed by atoms with Gasteiger partial charge < -0.3 is 9.64 Å². The standard InChI is InChI=1S/C18H22N4O3/c23-17-15-4-2-1-3-14(15)16(19-20-17)18(24)22-9-7-21(8-10-22)13-5-11-25-12-6-13/h1-4,13H,5-12H2,(H,20,23). The van der Waals surface area contributed by atoms with Crippen molar-refractivity contribution >= 4 is 16.7 Å². The van der Waals surface area contributed by atoms with Crippen molar-refractivity contribution in [2.45, 2.75) is 18.9 Å². The van der Waals surface area contributed by atoms with Crippen molar-refractivity contribution in [3.8, 4) is 0 Å². The summed E-state index contributed by atoms with van der Waals surface area (Å²) >= 11 is 0. The Morgan fingerprint density at radius 2 is 1.76 bits per heavy atom. The van der Waals surface area contributed by atoms with Gasteiger partial charge in [-0.25, -0.2) is 5.10 Å². The van der Waals surface area contributed by atoms with E-state index < -0.39 is 0 Å². The highest BCUT2D eigenvalue weighted by Crippen LogP contribution is 2.19. The summed E-state index contributed by atoms with van der Waals surface area (Å²) in [5.41, 5.74) is 0.0613. The van der Waals surface area contributed by atoms with Crippen LogP contribution in [-0.2, 0) is 4.74 Å². The maximum absolute atomic E-state index is 12.9. The highest BCUT2D eigenvalue weighted by molar-refractivity contribution is 6.04. The van der Waals surface area contributed by atoms with Gasteiger partial charge in [-0.3, -0.25) is 14.5 Å². The number of aromatic nitrogens is 2. The largest absolute Gasteiger partial charge is 0.381 e. The number of carbonyl (C=O) groups is 1. The van der Waals surface area contributed by atoms with Gasteiger partial charge in [-0.05, 0) is 18.9 Å². The van der Waals surface area contributed by atoms with E-state index in [1.807, 2.05) is 11.0 Å². The number of rotatable bonds is 2. The van der Waals surface area contributed by atoms with Crippen molar-refractivity contribution in [2.75, 3.05) is 39.4 Å². The van der Waals surface area contributed by atoms with E-state index in [9.17, 15) is 9.59 Å². The Morgan fingerprint density at radius 1 is 1.08 bits per heavy atom. The van der Waals surface area contributed by atoms with Crippen LogP contribution in [0.4, 0.5) is 0 Å². The van der Waals surface area contributed by atoms with Crippen LogP contribution in [0.5, 0.6) is 0 Å². The zero-order chi connectivity index (χ0) is 17.2. The predicted octanol–water partition coefficient (Wildman–Crippen LogP) is 0.860. The van der Waals surface area contributed by atoms with E-state index in [-0.39, 0.29) is 11.5 Å². The zero-order valence-electron chi connectivity index (χ0n) is 14.1. The SMILES string of the molecule is O=C(c1n[nH]c(=O)c2ccccc12)N1CCN(C2CCOCC2)CC1. The van der Waals surface area contributed by atoms with Crippen LogP contribution in [-0.4, -0.2) is 71.3 Å². The Kier molecular flexibility index (Phi) is 4.50. The molecule has 0 unspecified atom stereocenters. The Morgan fingerprint density at radius 3 is 2.48 bits per heavy atom. The second-order valence-electron chi connectivity index (χ2n) is 6.62. The normalized spacial score (nSPS) is 20.1. The summed E-state index contributed by atoms with van der Waals surface area (Å²) in [7, 11) is 0. The molecule has 132 valence electrons. The summed E-state index contributed by atoms with van der Waals surface area (Å²) in [5, 5.41) is 7.59. The minimum absolute atomic E-state index is 0.112. The summed E-state index contributed by atoms with van der Waals surface area (Å²) in [6, 6.07) is 7.68. The van der Waals surface area contributed by atoms with E-state index in [0.29, 0.717) is 35.6 Å². The number of piperazine rings is 1. The lowest BCUT2D eigenvalue weighted by Crippen LogP contribution is -2.53. The van der Waals surface area contributed by atoms with E-state index >= 15 is 0 Å². The molecule has 3 heterocycles. The Hall–Kier alpha value is -2.25. The first-order valence-electron chi connectivity index (χ1n) is 8.82. The number of fused-ring (bicyclic) bond motifs is 1. The first-order valence-corrected chi connectivity index (χ1v) is 8.82. The zero-order valence-corrected chi connectivity index (χ0v) is 14.1. The van der Waals surface area contributed by atoms with E-state index in [2.05, 4.69) is 15.1 Å². The molecule has 2 saturated heterocycles. The summed E-state index contributed by atoms with van der Waals surface area (Å²) in [4.78, 5) is 29.1. The molecule has 2 aliphatic heterocycles. The Balaban J connectivity index is 1.49. The molecular weight excluding hydrogens is 320 g/mol. The van der Waals surface area contributed by atoms with E-state index in [0.717, 1.165) is 39.1 Å². The van der Waals surface area contributed by atoms with Crippen molar-refractivity contribution in [3.63, 3.8) is 0 Å². The molecule has 4 rings (SSSR count). The lowest BCUT2D eigenvalue weighted by molar-refractivity contribution is 0.0136. The number of benzene rings is 1. The number of hydrogen-bond donors (Lipinski definition) is 1. The van der Waals surface area contributed by atoms with E-state index in [1.165, 1.54) is 0 Å². The van der Waals surface area contributed by atoms with Gasteiger partial charge in [0, 0.05) is 50.8 Å². The van der Waals surface area contributed by atoms with Gasteiger partial charge in [0.25, 0.3) is 11.5 Å². The molecule has 1 amide bonds. The first kappa shape index (κ1) is 16.2. The number of ether oxygens (including phenoxy) is 1. The molecule has 7 heteroatoms. The van der Waals surface area contributed by atoms with E-state index in [1.54, 1.807) is 18.2 Å². The highest BCUT2D eigenvalue weighted by Gasteiger charge is 2.29. The van der Waals surface area contributed by atoms with Gasteiger partial charge in [-0.15, -0.1) is 0 Å². The van der Waals surface area contributed by atoms with Gasteiger partial charge in [0.15, 0.2) is 5.69 Å². The second kappa shape index (κ2) is 6.93. The number of hydrogen-bond acceptors (Lipinski definition) is 5. The third-order valence-electron chi connectivity index (χ3n) is 5.21. The molecule has 0 radical (unpaired) electrons. The van der Waals surface area contributed by atoms with Crippen LogP contribution >= 0.6 is 0 Å². The minimum atomic E-state index is -0.267. The summed E-state index contributed by atoms with van der Waals surface area (Å²) in [6.07, 6.45) is 2.14. The Bertz CT molecular complexity index is 820. The number of nitrogens with one attached hydrogen (secondary N) is 1. The van der Waals surface area contributed by atoms with Gasteiger partial charge in [0.2, 0.25) is 0 Å². The number of nitrogens with zero attached hydrogens (tertiary/aromatic N) is 3. The molecular formula is C18H22N4O3. The predicted molar refractivity (Wildman–Crippen MR) is 93.7 cm³/mol. The molecule has 0 spiro atoms. The van der Waals surface area contributed by atoms with Crippen molar-refractivity contribution in [2.24, 2.45) is 0 Å². The minimum Gasteiger partial charge on any atom is -0.381 e. The molecule has 1 N–H and O–H groups in total. The van der Waals surface area contributed by atoms with Gasteiger partial charge >= 0.3 is 0 Å². The summed E-state index contributed by atoms with van der Waals surface area (Å²) in [5.74, 6) is -0.112. The maximum Gasteiger partial charge on any atom is 0.275 e. The van der Waals surface area contributed by atoms with Crippen LogP contribution in [0, 0.1) is 0 Å². The second-order valence-corrected chi connectivity index (χ2v) is 6.62. The van der Waals surface area contributed by atoms with Crippen LogP contribution in [0.3, 0.4) is 0 Å². The third kappa shape index (κ3) is 3.17. The molecule has 0 bridgehead atoms. The summed E-state index contributed by atoms with van der Waals surface area (Å²) in [6.45, 7) is 4.78. The van der Waals surface area contributed by atoms with Crippen LogP contribution in [0.25, 0.3) is 10.8 Å². The Labute approximate surface area is 145 Å². The quantitative estimate of drug-likeness (QED) is 0.876. The molecule has 0 atom stereocenters. The lowest BCUT2D eigenvalue weighted by Gasteiger charge is -2.40. The fraction of sp³-hybridized carbons (Fsp3) is 0.500. The molecule has 7 nitrogen and oxygen atoms in total. The van der Waals surface area contributed by atoms with Gasteiger partial charge in [-0.2, -0.15) is 5.10 Å². The van der Waals surface area contributed by atoms with E-state index in [4.69, 9.17) is 4.74 Å². The molecule has 2 aromatic rings. The van der Waals surface area contributed by atoms with Crippen molar-refractivity contribution in [1.82, 2.24) is 20.0 Å². The number of aromatic amines is 1. The molecule has 25 heavy (non-hydrogen) atoms. The molecule has 0 saturated carbocycles. The number of H-pyrrole nitrogens is 1. The fourth-order valence-corrected chi connectivity index (χ4v) is 3.77. The van der Waals surface area contributed by atoms with Gasteiger partial charge in [0.05, 0.1) is 5.39 Å².